The molecule has 4 heterocycles. The van der Waals surface area contributed by atoms with E-state index in [-0.39, 0.29) is 12.3 Å². The Kier molecular flexibility index (Phi) is 8.09. The molecule has 11 heteroatoms. The second kappa shape index (κ2) is 12.2. The normalized spacial score (nSPS) is 18.4. The Morgan fingerprint density at radius 3 is 2.45 bits per heavy atom. The van der Waals surface area contributed by atoms with E-state index in [1.54, 1.807) is 24.3 Å². The molecule has 0 radical (unpaired) electrons. The first kappa shape index (κ1) is 31.1. The number of benzene rings is 3. The number of halogens is 1. The van der Waals surface area contributed by atoms with E-state index in [2.05, 4.69) is 15.9 Å². The summed E-state index contributed by atoms with van der Waals surface area (Å²) in [6, 6.07) is 19.7. The number of carbonyl (C=O) groups is 1. The molecular weight excluding hydrogens is 618 g/mol. The lowest BCUT2D eigenvalue weighted by molar-refractivity contribution is 0.101. The summed E-state index contributed by atoms with van der Waals surface area (Å²) < 4.78 is 16.8. The van der Waals surface area contributed by atoms with E-state index < -0.39 is 23.0 Å². The first-order chi connectivity index (χ1) is 22.6. The molecule has 47 heavy (non-hydrogen) atoms. The minimum Gasteiger partial charge on any atom is -0.493 e. The molecule has 0 N–H and O–H groups in total. The maximum Gasteiger partial charge on any atom is 0.352 e. The van der Waals surface area contributed by atoms with Crippen molar-refractivity contribution in [1.82, 2.24) is 18.8 Å². The second-order valence-corrected chi connectivity index (χ2v) is 13.3. The van der Waals surface area contributed by atoms with Crippen LogP contribution >= 0.6 is 11.6 Å². The van der Waals surface area contributed by atoms with Crippen molar-refractivity contribution in [3.05, 3.63) is 115 Å². The van der Waals surface area contributed by atoms with Gasteiger partial charge in [-0.15, -0.1) is 0 Å². The van der Waals surface area contributed by atoms with Crippen LogP contribution in [0, 0.1) is 0 Å². The highest BCUT2D eigenvalue weighted by atomic mass is 35.5. The quantitative estimate of drug-likeness (QED) is 0.151. The Balaban J connectivity index is 1.05. The van der Waals surface area contributed by atoms with Crippen molar-refractivity contribution < 1.29 is 14.3 Å². The Hall–Kier alpha value is -4.54. The molecule has 0 saturated carbocycles. The number of ether oxygens (including phenoxy) is 2. The van der Waals surface area contributed by atoms with Gasteiger partial charge in [0, 0.05) is 60.6 Å². The highest BCUT2D eigenvalue weighted by Crippen LogP contribution is 2.47. The lowest BCUT2D eigenvalue weighted by Gasteiger charge is -2.42. The van der Waals surface area contributed by atoms with E-state index in [9.17, 15) is 14.4 Å². The van der Waals surface area contributed by atoms with E-state index in [1.807, 2.05) is 56.3 Å². The van der Waals surface area contributed by atoms with Crippen LogP contribution in [0.4, 0.5) is 5.69 Å². The van der Waals surface area contributed by atoms with Crippen LogP contribution in [0.25, 0.3) is 5.69 Å². The topological polar surface area (TPSA) is 90.9 Å². The highest BCUT2D eigenvalue weighted by Gasteiger charge is 2.44. The molecule has 7 rings (SSSR count). The molecule has 0 spiro atoms. The van der Waals surface area contributed by atoms with Gasteiger partial charge in [0.1, 0.15) is 23.1 Å². The molecule has 10 nitrogen and oxygen atoms in total. The summed E-state index contributed by atoms with van der Waals surface area (Å²) in [4.78, 5) is 44.1. The van der Waals surface area contributed by atoms with Crippen LogP contribution in [0.15, 0.2) is 88.0 Å². The maximum absolute atomic E-state index is 13.9. The smallest absolute Gasteiger partial charge is 0.352 e. The average molecular weight is 656 g/mol. The van der Waals surface area contributed by atoms with Gasteiger partial charge < -0.3 is 14.4 Å². The van der Waals surface area contributed by atoms with Crippen LogP contribution in [0.1, 0.15) is 49.2 Å². The van der Waals surface area contributed by atoms with Gasteiger partial charge in [-0.05, 0) is 87.4 Å². The Labute approximate surface area is 278 Å². The number of hydrogen-bond acceptors (Lipinski definition) is 7. The van der Waals surface area contributed by atoms with Gasteiger partial charge in [0.2, 0.25) is 0 Å². The lowest BCUT2D eigenvalue weighted by Crippen LogP contribution is -2.46. The van der Waals surface area contributed by atoms with E-state index in [4.69, 9.17) is 21.1 Å². The summed E-state index contributed by atoms with van der Waals surface area (Å²) in [5.41, 5.74) is 2.21. The molecule has 1 aromatic heterocycles. The van der Waals surface area contributed by atoms with Crippen LogP contribution in [-0.2, 0) is 6.54 Å². The molecule has 1 saturated heterocycles. The molecule has 0 aliphatic carbocycles. The minimum atomic E-state index is -0.713. The fourth-order valence-corrected chi connectivity index (χ4v) is 7.10. The van der Waals surface area contributed by atoms with Crippen LogP contribution in [0.3, 0.4) is 0 Å². The zero-order chi connectivity index (χ0) is 32.9. The molecule has 1 fully saturated rings. The summed E-state index contributed by atoms with van der Waals surface area (Å²) >= 11 is 6.18. The summed E-state index contributed by atoms with van der Waals surface area (Å²) in [7, 11) is 0. The van der Waals surface area contributed by atoms with Crippen molar-refractivity contribution in [1.29, 1.82) is 0 Å². The number of hydrogen-bond donors (Lipinski definition) is 0. The SMILES string of the molecule is CC(=O)c1ccc(-n2c(=O)n3n(c2=O)C2C(=CC3)C(C)(C)Oc3cc(OCCCN4CCN(c5cccc(Cl)c5)CC4)ccc32)cc1. The number of anilines is 1. The van der Waals surface area contributed by atoms with Gasteiger partial charge in [-0.2, -0.15) is 0 Å². The number of ketones is 1. The van der Waals surface area contributed by atoms with Crippen molar-refractivity contribution >= 4 is 23.1 Å². The van der Waals surface area contributed by atoms with E-state index in [0.717, 1.165) is 59.9 Å². The molecule has 1 atom stereocenters. The molecule has 3 aliphatic rings. The fourth-order valence-electron chi connectivity index (χ4n) is 6.91. The monoisotopic (exact) mass is 655 g/mol. The van der Waals surface area contributed by atoms with Crippen molar-refractivity contribution in [3.8, 4) is 17.2 Å². The van der Waals surface area contributed by atoms with E-state index >= 15 is 0 Å². The first-order valence-electron chi connectivity index (χ1n) is 16.1. The number of allylic oxidation sites excluding steroid dienone is 1. The molecule has 0 bridgehead atoms. The third kappa shape index (κ3) is 5.80. The van der Waals surface area contributed by atoms with Gasteiger partial charge in [-0.25, -0.2) is 23.5 Å². The molecule has 1 unspecified atom stereocenters. The van der Waals surface area contributed by atoms with Gasteiger partial charge in [0.15, 0.2) is 5.78 Å². The zero-order valence-corrected chi connectivity index (χ0v) is 27.6. The summed E-state index contributed by atoms with van der Waals surface area (Å²) in [6.07, 6.45) is 2.87. The highest BCUT2D eigenvalue weighted by molar-refractivity contribution is 6.30. The van der Waals surface area contributed by atoms with Crippen LogP contribution in [-0.4, -0.2) is 69.5 Å². The molecule has 0 amide bonds. The predicted molar refractivity (Wildman–Crippen MR) is 182 cm³/mol. The largest absolute Gasteiger partial charge is 0.493 e. The van der Waals surface area contributed by atoms with Crippen LogP contribution < -0.4 is 25.8 Å². The number of nitrogens with zero attached hydrogens (tertiary/aromatic N) is 5. The van der Waals surface area contributed by atoms with Gasteiger partial charge in [0.05, 0.1) is 18.8 Å². The van der Waals surface area contributed by atoms with Crippen molar-refractivity contribution in [2.24, 2.45) is 0 Å². The number of piperazine rings is 1. The number of aromatic nitrogens is 3. The number of fused-ring (bicyclic) bond motifs is 5. The van der Waals surface area contributed by atoms with Gasteiger partial charge >= 0.3 is 11.4 Å². The number of carbonyl (C=O) groups excluding carboxylic acids is 1. The lowest BCUT2D eigenvalue weighted by atomic mass is 9.83. The molecule has 4 aromatic rings. The van der Waals surface area contributed by atoms with Crippen molar-refractivity contribution in [2.75, 3.05) is 44.2 Å². The summed E-state index contributed by atoms with van der Waals surface area (Å²) in [6.45, 7) is 11.1. The summed E-state index contributed by atoms with van der Waals surface area (Å²) in [5, 5.41) is 0.760. The third-order valence-electron chi connectivity index (χ3n) is 9.39. The fraction of sp³-hybridized carbons (Fsp3) is 0.361. The van der Waals surface area contributed by atoms with E-state index in [1.165, 1.54) is 22.0 Å². The Morgan fingerprint density at radius 2 is 1.72 bits per heavy atom. The van der Waals surface area contributed by atoms with Crippen LogP contribution in [0.5, 0.6) is 11.5 Å². The molecule has 3 aromatic carbocycles. The number of Topliss-reactive ketones (excluding diaryl/α,β-unsaturated/α-hetero) is 1. The van der Waals surface area contributed by atoms with Gasteiger partial charge in [0.25, 0.3) is 0 Å². The molecular formula is C36H38ClN5O5. The van der Waals surface area contributed by atoms with E-state index in [0.29, 0.717) is 29.4 Å². The van der Waals surface area contributed by atoms with Gasteiger partial charge in [-0.3, -0.25) is 9.69 Å². The predicted octanol–water partition coefficient (Wildman–Crippen LogP) is 4.95. The second-order valence-electron chi connectivity index (χ2n) is 12.8. The van der Waals surface area contributed by atoms with Crippen LogP contribution in [0.2, 0.25) is 5.02 Å². The standard InChI is InChI=1S/C36H38ClN5O5/c1-24(43)25-8-10-27(11-9-25)41-34(44)40-16-14-31-33(42(40)35(41)45)30-13-12-29(23-32(30)47-36(31,2)3)46-21-5-15-38-17-19-39(20-18-38)28-7-4-6-26(37)22-28/h4,6-14,22-23,33H,5,15-21H2,1-3H3. The number of rotatable bonds is 8. The Morgan fingerprint density at radius 1 is 0.957 bits per heavy atom. The third-order valence-corrected chi connectivity index (χ3v) is 9.62. The summed E-state index contributed by atoms with van der Waals surface area (Å²) in [5.74, 6) is 1.23. The average Bonchev–Trinajstić information content (AvgIpc) is 3.32. The maximum atomic E-state index is 13.9. The first-order valence-corrected chi connectivity index (χ1v) is 16.4. The zero-order valence-electron chi connectivity index (χ0n) is 26.8. The van der Waals surface area contributed by atoms with Gasteiger partial charge in [-0.1, -0.05) is 23.7 Å². The minimum absolute atomic E-state index is 0.0842. The van der Waals surface area contributed by atoms with Crippen molar-refractivity contribution in [2.45, 2.75) is 45.4 Å². The Bertz CT molecular complexity index is 1980. The molecule has 3 aliphatic heterocycles. The van der Waals surface area contributed by atoms with Crippen molar-refractivity contribution in [3.63, 3.8) is 0 Å². The molecule has 244 valence electrons.